The summed E-state index contributed by atoms with van der Waals surface area (Å²) in [5.41, 5.74) is 2.08. The Balaban J connectivity index is 1.73. The Hall–Kier alpha value is -3.37. The molecule has 3 heterocycles. The van der Waals surface area contributed by atoms with Crippen LogP contribution < -0.4 is 10.5 Å². The molecule has 8 heteroatoms. The molecule has 0 unspecified atom stereocenters. The minimum Gasteiger partial charge on any atom is -0.341 e. The smallest absolute Gasteiger partial charge is 0.263 e. The van der Waals surface area contributed by atoms with Gasteiger partial charge in [-0.15, -0.1) is 10.2 Å². The SMILES string of the molecule is N#Cc1ccc(Cn2c(=O)c3cc(Cl)ccc3n3c(N4CCCCCC4)nnc23)cc1. The summed E-state index contributed by atoms with van der Waals surface area (Å²) < 4.78 is 3.61. The van der Waals surface area contributed by atoms with E-state index in [0.29, 0.717) is 28.3 Å². The van der Waals surface area contributed by atoms with Gasteiger partial charge in [0.1, 0.15) is 0 Å². The molecule has 156 valence electrons. The van der Waals surface area contributed by atoms with E-state index in [-0.39, 0.29) is 5.56 Å². The van der Waals surface area contributed by atoms with Gasteiger partial charge in [0.05, 0.1) is 29.1 Å². The van der Waals surface area contributed by atoms with Crippen LogP contribution in [0.1, 0.15) is 36.8 Å². The topological polar surface area (TPSA) is 79.2 Å². The molecule has 1 aliphatic heterocycles. The molecule has 0 atom stereocenters. The zero-order valence-corrected chi connectivity index (χ0v) is 17.7. The number of fused-ring (bicyclic) bond motifs is 3. The normalized spacial score (nSPS) is 14.6. The van der Waals surface area contributed by atoms with Crippen LogP contribution in [0.4, 0.5) is 5.95 Å². The Morgan fingerprint density at radius 1 is 1.00 bits per heavy atom. The van der Waals surface area contributed by atoms with Gasteiger partial charge >= 0.3 is 0 Å². The largest absolute Gasteiger partial charge is 0.341 e. The Morgan fingerprint density at radius 2 is 1.74 bits per heavy atom. The first-order chi connectivity index (χ1) is 15.2. The van der Waals surface area contributed by atoms with Crippen LogP contribution in [-0.2, 0) is 6.54 Å². The Kier molecular flexibility index (Phi) is 5.08. The number of benzene rings is 2. The summed E-state index contributed by atoms with van der Waals surface area (Å²) in [7, 11) is 0. The lowest BCUT2D eigenvalue weighted by Gasteiger charge is -2.21. The van der Waals surface area contributed by atoms with Crippen molar-refractivity contribution in [1.82, 2.24) is 19.2 Å². The van der Waals surface area contributed by atoms with Gasteiger partial charge in [0.15, 0.2) is 0 Å². The molecule has 0 aliphatic carbocycles. The maximum Gasteiger partial charge on any atom is 0.263 e. The second-order valence-electron chi connectivity index (χ2n) is 7.90. The molecule has 0 saturated carbocycles. The van der Waals surface area contributed by atoms with E-state index in [4.69, 9.17) is 16.9 Å². The summed E-state index contributed by atoms with van der Waals surface area (Å²) in [5, 5.41) is 19.0. The van der Waals surface area contributed by atoms with Crippen LogP contribution in [0.25, 0.3) is 16.7 Å². The molecule has 1 aliphatic rings. The van der Waals surface area contributed by atoms with Crippen LogP contribution in [0.3, 0.4) is 0 Å². The van der Waals surface area contributed by atoms with E-state index in [0.717, 1.165) is 43.0 Å². The maximum absolute atomic E-state index is 13.4. The van der Waals surface area contributed by atoms with E-state index in [1.54, 1.807) is 28.8 Å². The molecular weight excluding hydrogens is 412 g/mol. The van der Waals surface area contributed by atoms with Crippen LogP contribution >= 0.6 is 11.6 Å². The number of aromatic nitrogens is 4. The van der Waals surface area contributed by atoms with Crippen LogP contribution in [0.15, 0.2) is 47.3 Å². The van der Waals surface area contributed by atoms with Gasteiger partial charge in [-0.05, 0) is 48.7 Å². The van der Waals surface area contributed by atoms with Gasteiger partial charge in [0, 0.05) is 18.1 Å². The Bertz CT molecular complexity index is 1360. The van der Waals surface area contributed by atoms with Gasteiger partial charge in [0.2, 0.25) is 11.7 Å². The molecule has 5 rings (SSSR count). The zero-order chi connectivity index (χ0) is 21.4. The molecule has 0 N–H and O–H groups in total. The molecule has 0 bridgehead atoms. The first kappa shape index (κ1) is 19.6. The highest BCUT2D eigenvalue weighted by atomic mass is 35.5. The van der Waals surface area contributed by atoms with Gasteiger partial charge in [-0.3, -0.25) is 9.36 Å². The lowest BCUT2D eigenvalue weighted by atomic mass is 10.1. The second-order valence-corrected chi connectivity index (χ2v) is 8.33. The standard InChI is InChI=1S/C23H21ClN6O/c24-18-9-10-20-19(13-18)21(31)29(15-17-7-5-16(14-25)6-8-17)23-27-26-22(30(20)23)28-11-3-1-2-4-12-28/h5-10,13H,1-4,11-12,15H2. The molecule has 1 fully saturated rings. The molecule has 1 saturated heterocycles. The van der Waals surface area contributed by atoms with E-state index >= 15 is 0 Å². The Morgan fingerprint density at radius 3 is 2.45 bits per heavy atom. The highest BCUT2D eigenvalue weighted by Gasteiger charge is 2.21. The Labute approximate surface area is 184 Å². The minimum atomic E-state index is -0.163. The first-order valence-electron chi connectivity index (χ1n) is 10.5. The average molecular weight is 433 g/mol. The number of hydrogen-bond donors (Lipinski definition) is 0. The molecule has 4 aromatic rings. The summed E-state index contributed by atoms with van der Waals surface area (Å²) >= 11 is 6.24. The second kappa shape index (κ2) is 8.05. The molecular formula is C23H21ClN6O. The first-order valence-corrected chi connectivity index (χ1v) is 10.8. The highest BCUT2D eigenvalue weighted by Crippen LogP contribution is 2.24. The van der Waals surface area contributed by atoms with Gasteiger partial charge in [-0.2, -0.15) is 5.26 Å². The van der Waals surface area contributed by atoms with Crippen LogP contribution in [-0.4, -0.2) is 32.3 Å². The molecule has 0 spiro atoms. The van der Waals surface area contributed by atoms with Crippen molar-refractivity contribution in [2.75, 3.05) is 18.0 Å². The van der Waals surface area contributed by atoms with Crippen LogP contribution in [0.2, 0.25) is 5.02 Å². The fourth-order valence-corrected chi connectivity index (χ4v) is 4.43. The third-order valence-electron chi connectivity index (χ3n) is 5.86. The number of hydrogen-bond acceptors (Lipinski definition) is 5. The number of rotatable bonds is 3. The summed E-state index contributed by atoms with van der Waals surface area (Å²) in [6.45, 7) is 2.17. The van der Waals surface area contributed by atoms with Crippen molar-refractivity contribution in [3.63, 3.8) is 0 Å². The molecule has 7 nitrogen and oxygen atoms in total. The van der Waals surface area contributed by atoms with Crippen molar-refractivity contribution in [1.29, 1.82) is 5.26 Å². The summed E-state index contributed by atoms with van der Waals surface area (Å²) in [5.74, 6) is 1.27. The van der Waals surface area contributed by atoms with Crippen molar-refractivity contribution in [3.8, 4) is 6.07 Å². The fourth-order valence-electron chi connectivity index (χ4n) is 4.25. The van der Waals surface area contributed by atoms with E-state index in [2.05, 4.69) is 21.2 Å². The fraction of sp³-hybridized carbons (Fsp3) is 0.304. The van der Waals surface area contributed by atoms with Gasteiger partial charge in [0.25, 0.3) is 5.56 Å². The molecule has 0 radical (unpaired) electrons. The summed E-state index contributed by atoms with van der Waals surface area (Å²) in [6.07, 6.45) is 4.66. The summed E-state index contributed by atoms with van der Waals surface area (Å²) in [6, 6.07) is 14.7. The maximum atomic E-state index is 13.4. The van der Waals surface area contributed by atoms with Crippen molar-refractivity contribution in [3.05, 3.63) is 69.0 Å². The third kappa shape index (κ3) is 3.53. The summed E-state index contributed by atoms with van der Waals surface area (Å²) in [4.78, 5) is 15.7. The lowest BCUT2D eigenvalue weighted by molar-refractivity contribution is 0.726. The van der Waals surface area contributed by atoms with E-state index in [1.165, 1.54) is 12.8 Å². The molecule has 0 amide bonds. The van der Waals surface area contributed by atoms with Gasteiger partial charge < -0.3 is 4.90 Å². The van der Waals surface area contributed by atoms with E-state index in [9.17, 15) is 4.79 Å². The molecule has 31 heavy (non-hydrogen) atoms. The van der Waals surface area contributed by atoms with Gasteiger partial charge in [-0.1, -0.05) is 36.6 Å². The van der Waals surface area contributed by atoms with Crippen LogP contribution in [0, 0.1) is 11.3 Å². The monoisotopic (exact) mass is 432 g/mol. The van der Waals surface area contributed by atoms with Crippen molar-refractivity contribution >= 4 is 34.2 Å². The molecule has 2 aromatic heterocycles. The average Bonchev–Trinajstić information content (AvgIpc) is 3.04. The predicted molar refractivity (Wildman–Crippen MR) is 121 cm³/mol. The lowest BCUT2D eigenvalue weighted by Crippen LogP contribution is -2.28. The van der Waals surface area contributed by atoms with E-state index < -0.39 is 0 Å². The number of halogens is 1. The van der Waals surface area contributed by atoms with E-state index in [1.807, 2.05) is 22.6 Å². The number of nitriles is 1. The number of nitrogens with zero attached hydrogens (tertiary/aromatic N) is 6. The van der Waals surface area contributed by atoms with Crippen molar-refractivity contribution < 1.29 is 0 Å². The van der Waals surface area contributed by atoms with Crippen molar-refractivity contribution in [2.45, 2.75) is 32.2 Å². The third-order valence-corrected chi connectivity index (χ3v) is 6.09. The zero-order valence-electron chi connectivity index (χ0n) is 17.0. The highest BCUT2D eigenvalue weighted by molar-refractivity contribution is 6.31. The predicted octanol–water partition coefficient (Wildman–Crippen LogP) is 4.00. The number of anilines is 1. The molecule has 2 aromatic carbocycles. The quantitative estimate of drug-likeness (QED) is 0.489. The van der Waals surface area contributed by atoms with Crippen molar-refractivity contribution in [2.24, 2.45) is 0 Å². The van der Waals surface area contributed by atoms with Gasteiger partial charge in [-0.25, -0.2) is 4.40 Å². The minimum absolute atomic E-state index is 0.163. The van der Waals surface area contributed by atoms with Crippen LogP contribution in [0.5, 0.6) is 0 Å².